The minimum absolute atomic E-state index is 0.0787. The SMILES string of the molecule is CC/C=C/C=C/C=C/CCCCCCCC(=O)OCC(CO)OC(=O)CCCCCCCCC/C=C/CCCCCCCCCCCCCC. The minimum atomic E-state index is -0.782. The van der Waals surface area contributed by atoms with Gasteiger partial charge in [-0.3, -0.25) is 9.59 Å². The molecule has 0 bridgehead atoms. The summed E-state index contributed by atoms with van der Waals surface area (Å²) in [6.45, 7) is 3.99. The molecule has 1 atom stereocenters. The third-order valence-electron chi connectivity index (χ3n) is 9.17. The van der Waals surface area contributed by atoms with Crippen LogP contribution in [0.4, 0.5) is 0 Å². The summed E-state index contributed by atoms with van der Waals surface area (Å²) >= 11 is 0. The van der Waals surface area contributed by atoms with Gasteiger partial charge in [0, 0.05) is 12.8 Å². The van der Waals surface area contributed by atoms with Crippen LogP contribution in [0, 0.1) is 0 Å². The van der Waals surface area contributed by atoms with Crippen molar-refractivity contribution >= 4 is 11.9 Å². The Hall–Kier alpha value is -2.14. The van der Waals surface area contributed by atoms with Crippen molar-refractivity contribution in [1.82, 2.24) is 0 Å². The third kappa shape index (κ3) is 38.7. The van der Waals surface area contributed by atoms with E-state index in [0.29, 0.717) is 12.8 Å². The first-order valence-electron chi connectivity index (χ1n) is 21.2. The van der Waals surface area contributed by atoms with Crippen LogP contribution in [0.2, 0.25) is 0 Å². The molecule has 0 heterocycles. The highest BCUT2D eigenvalue weighted by atomic mass is 16.6. The van der Waals surface area contributed by atoms with Crippen molar-refractivity contribution in [3.05, 3.63) is 48.6 Å². The fraction of sp³-hybridized carbons (Fsp3) is 0.778. The van der Waals surface area contributed by atoms with Gasteiger partial charge >= 0.3 is 11.9 Å². The Balaban J connectivity index is 3.53. The second kappa shape index (κ2) is 41.3. The maximum absolute atomic E-state index is 12.2. The second-order valence-corrected chi connectivity index (χ2v) is 14.1. The average molecular weight is 701 g/mol. The standard InChI is InChI=1S/C45H80O5/c1-3-5-7-9-11-13-15-17-18-19-20-21-22-23-24-25-26-28-30-32-34-36-38-40-45(48)50-43(41-46)42-49-44(47)39-37-35-33-31-29-27-16-14-12-10-8-6-4-2/h6,8,10,12,14,16,23-24,43,46H,3-5,7,9,11,13,15,17-22,25-42H2,1-2H3/b8-6+,12-10+,16-14+,24-23+. The number of allylic oxidation sites excluding steroid dienone is 8. The predicted molar refractivity (Wildman–Crippen MR) is 214 cm³/mol. The topological polar surface area (TPSA) is 72.8 Å². The van der Waals surface area contributed by atoms with Gasteiger partial charge in [0.2, 0.25) is 0 Å². The van der Waals surface area contributed by atoms with Crippen LogP contribution in [0.5, 0.6) is 0 Å². The minimum Gasteiger partial charge on any atom is -0.462 e. The van der Waals surface area contributed by atoms with Crippen molar-refractivity contribution in [2.24, 2.45) is 0 Å². The van der Waals surface area contributed by atoms with Crippen LogP contribution in [0.15, 0.2) is 48.6 Å². The first-order valence-corrected chi connectivity index (χ1v) is 21.2. The summed E-state index contributed by atoms with van der Waals surface area (Å²) in [5.74, 6) is -0.619. The number of ether oxygens (including phenoxy) is 2. The highest BCUT2D eigenvalue weighted by Crippen LogP contribution is 2.14. The van der Waals surface area contributed by atoms with Gasteiger partial charge in [0.25, 0.3) is 0 Å². The lowest BCUT2D eigenvalue weighted by atomic mass is 10.0. The zero-order chi connectivity index (χ0) is 36.4. The van der Waals surface area contributed by atoms with Gasteiger partial charge in [-0.25, -0.2) is 0 Å². The molecule has 290 valence electrons. The first kappa shape index (κ1) is 47.9. The second-order valence-electron chi connectivity index (χ2n) is 14.1. The summed E-state index contributed by atoms with van der Waals surface area (Å²) in [5.41, 5.74) is 0. The highest BCUT2D eigenvalue weighted by molar-refractivity contribution is 5.70. The van der Waals surface area contributed by atoms with Crippen LogP contribution < -0.4 is 0 Å². The van der Waals surface area contributed by atoms with Crippen LogP contribution in [0.25, 0.3) is 0 Å². The van der Waals surface area contributed by atoms with Crippen molar-refractivity contribution in [2.45, 2.75) is 213 Å². The molecule has 0 saturated heterocycles. The smallest absolute Gasteiger partial charge is 0.306 e. The summed E-state index contributed by atoms with van der Waals surface area (Å²) in [4.78, 5) is 24.3. The number of carbonyl (C=O) groups excluding carboxylic acids is 2. The summed E-state index contributed by atoms with van der Waals surface area (Å²) < 4.78 is 10.6. The van der Waals surface area contributed by atoms with Gasteiger partial charge in [0.05, 0.1) is 6.61 Å². The Morgan fingerprint density at radius 1 is 0.480 bits per heavy atom. The van der Waals surface area contributed by atoms with E-state index in [9.17, 15) is 14.7 Å². The van der Waals surface area contributed by atoms with Crippen LogP contribution >= 0.6 is 0 Å². The summed E-state index contributed by atoms with van der Waals surface area (Å²) in [6, 6.07) is 0. The van der Waals surface area contributed by atoms with Crippen molar-refractivity contribution in [1.29, 1.82) is 0 Å². The number of carbonyl (C=O) groups is 2. The quantitative estimate of drug-likeness (QED) is 0.0300. The van der Waals surface area contributed by atoms with Crippen LogP contribution in [0.3, 0.4) is 0 Å². The lowest BCUT2D eigenvalue weighted by molar-refractivity contribution is -0.161. The fourth-order valence-electron chi connectivity index (χ4n) is 5.96. The van der Waals surface area contributed by atoms with Gasteiger partial charge < -0.3 is 14.6 Å². The number of hydrogen-bond acceptors (Lipinski definition) is 5. The van der Waals surface area contributed by atoms with E-state index in [-0.39, 0.29) is 25.2 Å². The molecule has 0 spiro atoms. The molecule has 0 radical (unpaired) electrons. The van der Waals surface area contributed by atoms with E-state index < -0.39 is 6.10 Å². The largest absolute Gasteiger partial charge is 0.462 e. The number of hydrogen-bond donors (Lipinski definition) is 1. The van der Waals surface area contributed by atoms with Gasteiger partial charge in [-0.15, -0.1) is 0 Å². The van der Waals surface area contributed by atoms with Gasteiger partial charge in [0.15, 0.2) is 6.10 Å². The van der Waals surface area contributed by atoms with E-state index in [2.05, 4.69) is 62.5 Å². The molecular formula is C45H80O5. The van der Waals surface area contributed by atoms with E-state index in [1.165, 1.54) is 116 Å². The van der Waals surface area contributed by atoms with Gasteiger partial charge in [-0.05, 0) is 57.8 Å². The van der Waals surface area contributed by atoms with Crippen molar-refractivity contribution in [2.75, 3.05) is 13.2 Å². The summed E-state index contributed by atoms with van der Waals surface area (Å²) in [7, 11) is 0. The number of aliphatic hydroxyl groups excluding tert-OH is 1. The monoisotopic (exact) mass is 701 g/mol. The van der Waals surface area contributed by atoms with Crippen molar-refractivity contribution in [3.8, 4) is 0 Å². The van der Waals surface area contributed by atoms with Crippen molar-refractivity contribution < 1.29 is 24.2 Å². The molecule has 0 fully saturated rings. The molecule has 0 aromatic carbocycles. The normalized spacial score (nSPS) is 12.6. The van der Waals surface area contributed by atoms with Crippen molar-refractivity contribution in [3.63, 3.8) is 0 Å². The molecule has 5 nitrogen and oxygen atoms in total. The molecule has 0 aliphatic carbocycles. The van der Waals surface area contributed by atoms with E-state index in [4.69, 9.17) is 9.47 Å². The molecule has 0 aromatic heterocycles. The number of aliphatic hydroxyl groups is 1. The highest BCUT2D eigenvalue weighted by Gasteiger charge is 2.16. The Bertz CT molecular complexity index is 842. The van der Waals surface area contributed by atoms with Crippen LogP contribution in [-0.4, -0.2) is 36.4 Å². The zero-order valence-electron chi connectivity index (χ0n) is 32.9. The average Bonchev–Trinajstić information content (AvgIpc) is 3.12. The molecule has 0 aliphatic rings. The molecule has 0 rings (SSSR count). The van der Waals surface area contributed by atoms with Gasteiger partial charge in [-0.1, -0.05) is 184 Å². The first-order chi connectivity index (χ1) is 24.6. The Labute approximate surface area is 309 Å². The molecule has 50 heavy (non-hydrogen) atoms. The maximum Gasteiger partial charge on any atom is 0.306 e. The lowest BCUT2D eigenvalue weighted by Gasteiger charge is -2.15. The fourth-order valence-corrected chi connectivity index (χ4v) is 5.96. The Kier molecular flexibility index (Phi) is 39.5. The van der Waals surface area contributed by atoms with Gasteiger partial charge in [-0.2, -0.15) is 0 Å². The van der Waals surface area contributed by atoms with E-state index in [1.807, 2.05) is 0 Å². The maximum atomic E-state index is 12.2. The summed E-state index contributed by atoms with van der Waals surface area (Å²) in [6.07, 6.45) is 51.9. The predicted octanol–water partition coefficient (Wildman–Crippen LogP) is 13.4. The molecule has 1 N–H and O–H groups in total. The molecule has 0 aliphatic heterocycles. The molecule has 1 unspecified atom stereocenters. The molecule has 0 aromatic rings. The van der Waals surface area contributed by atoms with Gasteiger partial charge in [0.1, 0.15) is 6.61 Å². The number of esters is 2. The third-order valence-corrected chi connectivity index (χ3v) is 9.17. The van der Waals surface area contributed by atoms with E-state index >= 15 is 0 Å². The van der Waals surface area contributed by atoms with Crippen LogP contribution in [0.1, 0.15) is 206 Å². The summed E-state index contributed by atoms with van der Waals surface area (Å²) in [5, 5.41) is 9.56. The van der Waals surface area contributed by atoms with E-state index in [1.54, 1.807) is 0 Å². The lowest BCUT2D eigenvalue weighted by Crippen LogP contribution is -2.28. The Morgan fingerprint density at radius 2 is 0.880 bits per heavy atom. The molecule has 0 amide bonds. The van der Waals surface area contributed by atoms with E-state index in [0.717, 1.165) is 64.2 Å². The van der Waals surface area contributed by atoms with Crippen LogP contribution in [-0.2, 0) is 19.1 Å². The zero-order valence-corrected chi connectivity index (χ0v) is 32.9. The Morgan fingerprint density at radius 3 is 1.34 bits per heavy atom. The molecule has 0 saturated carbocycles. The number of rotatable bonds is 38. The molecule has 5 heteroatoms. The molecular weight excluding hydrogens is 620 g/mol. The number of unbranched alkanes of at least 4 members (excludes halogenated alkanes) is 24.